The van der Waals surface area contributed by atoms with Crippen molar-refractivity contribution in [2.24, 2.45) is 5.92 Å². The Morgan fingerprint density at radius 3 is 2.38 bits per heavy atom. The molecule has 7 heteroatoms. The number of hydrogen-bond acceptors (Lipinski definition) is 3. The second-order valence-corrected chi connectivity index (χ2v) is 9.13. The number of benzene rings is 1. The summed E-state index contributed by atoms with van der Waals surface area (Å²) < 4.78 is 40.1. The first kappa shape index (κ1) is 18.1. The van der Waals surface area contributed by atoms with Crippen LogP contribution in [0.15, 0.2) is 23.1 Å². The first-order valence-corrected chi connectivity index (χ1v) is 10.5. The third-order valence-electron chi connectivity index (χ3n) is 5.07. The van der Waals surface area contributed by atoms with Gasteiger partial charge >= 0.3 is 0 Å². The maximum Gasteiger partial charge on any atom is 0.243 e. The van der Waals surface area contributed by atoms with Crippen LogP contribution in [0.4, 0.5) is 4.39 Å². The molecule has 1 aromatic carbocycles. The predicted octanol–water partition coefficient (Wildman–Crippen LogP) is 3.37. The van der Waals surface area contributed by atoms with Crippen molar-refractivity contribution in [3.05, 3.63) is 29.0 Å². The fourth-order valence-electron chi connectivity index (χ4n) is 3.63. The third kappa shape index (κ3) is 4.10. The number of likely N-dealkylation sites (tertiary alicyclic amines) is 1. The van der Waals surface area contributed by atoms with Gasteiger partial charge in [0.2, 0.25) is 10.0 Å². The normalized spacial score (nSPS) is 21.9. The summed E-state index contributed by atoms with van der Waals surface area (Å²) in [7, 11) is -3.59. The van der Waals surface area contributed by atoms with Crippen LogP contribution in [-0.4, -0.2) is 50.3 Å². The van der Waals surface area contributed by atoms with E-state index in [0.717, 1.165) is 25.5 Å². The molecule has 0 amide bonds. The maximum absolute atomic E-state index is 13.3. The molecule has 2 aliphatic rings. The minimum atomic E-state index is -3.59. The molecule has 0 radical (unpaired) electrons. The van der Waals surface area contributed by atoms with E-state index < -0.39 is 15.8 Å². The van der Waals surface area contributed by atoms with Crippen molar-refractivity contribution in [2.45, 2.75) is 37.0 Å². The molecule has 2 fully saturated rings. The van der Waals surface area contributed by atoms with Crippen molar-refractivity contribution in [3.63, 3.8) is 0 Å². The summed E-state index contributed by atoms with van der Waals surface area (Å²) in [6.45, 7) is 4.47. The molecule has 0 aromatic heterocycles. The Bertz CT molecular complexity index is 669. The first-order chi connectivity index (χ1) is 11.5. The number of rotatable bonds is 4. The quantitative estimate of drug-likeness (QED) is 0.811. The smallest absolute Gasteiger partial charge is 0.243 e. The lowest BCUT2D eigenvalue weighted by Gasteiger charge is -2.35. The van der Waals surface area contributed by atoms with Crippen LogP contribution >= 0.6 is 11.6 Å². The van der Waals surface area contributed by atoms with Crippen LogP contribution in [0.3, 0.4) is 0 Å². The van der Waals surface area contributed by atoms with E-state index in [1.165, 1.54) is 48.8 Å². The number of hydrogen-bond donors (Lipinski definition) is 0. The molecule has 24 heavy (non-hydrogen) atoms. The lowest BCUT2D eigenvalue weighted by molar-refractivity contribution is 0.161. The van der Waals surface area contributed by atoms with Gasteiger partial charge in [-0.2, -0.15) is 4.31 Å². The average molecular weight is 375 g/mol. The standard InChI is InChI=1S/C17H24ClFN2O2S/c18-16-12-15(4-5-17(16)19)24(22,23)21-10-6-14(7-11-21)13-20-8-2-1-3-9-20/h4-5,12,14H,1-3,6-11,13H2. The van der Waals surface area contributed by atoms with Gasteiger partial charge in [-0.3, -0.25) is 0 Å². The van der Waals surface area contributed by atoms with Gasteiger partial charge in [-0.15, -0.1) is 0 Å². The Balaban J connectivity index is 1.59. The molecule has 2 saturated heterocycles. The summed E-state index contributed by atoms with van der Waals surface area (Å²) in [5, 5.41) is -0.156. The molecule has 3 rings (SSSR count). The Morgan fingerprint density at radius 1 is 1.08 bits per heavy atom. The van der Waals surface area contributed by atoms with Gasteiger partial charge in [0, 0.05) is 19.6 Å². The van der Waals surface area contributed by atoms with Crippen LogP contribution in [-0.2, 0) is 10.0 Å². The molecule has 0 N–H and O–H groups in total. The molecule has 2 aliphatic heterocycles. The zero-order valence-corrected chi connectivity index (χ0v) is 15.3. The monoisotopic (exact) mass is 374 g/mol. The summed E-state index contributed by atoms with van der Waals surface area (Å²) in [4.78, 5) is 2.58. The van der Waals surface area contributed by atoms with E-state index >= 15 is 0 Å². The van der Waals surface area contributed by atoms with Crippen LogP contribution in [0, 0.1) is 11.7 Å². The van der Waals surface area contributed by atoms with Gasteiger partial charge in [0.15, 0.2) is 0 Å². The molecule has 4 nitrogen and oxygen atoms in total. The Hall–Kier alpha value is -0.690. The van der Waals surface area contributed by atoms with E-state index in [-0.39, 0.29) is 9.92 Å². The van der Waals surface area contributed by atoms with Crippen molar-refractivity contribution in [2.75, 3.05) is 32.7 Å². The number of nitrogens with zero attached hydrogens (tertiary/aromatic N) is 2. The van der Waals surface area contributed by atoms with Gasteiger partial charge in [-0.05, 0) is 62.9 Å². The van der Waals surface area contributed by atoms with E-state index in [4.69, 9.17) is 11.6 Å². The highest BCUT2D eigenvalue weighted by atomic mass is 35.5. The lowest BCUT2D eigenvalue weighted by atomic mass is 9.96. The largest absolute Gasteiger partial charge is 0.303 e. The zero-order chi connectivity index (χ0) is 17.2. The van der Waals surface area contributed by atoms with Gasteiger partial charge in [0.25, 0.3) is 0 Å². The Morgan fingerprint density at radius 2 is 1.75 bits per heavy atom. The van der Waals surface area contributed by atoms with E-state index in [0.29, 0.717) is 19.0 Å². The van der Waals surface area contributed by atoms with Gasteiger partial charge in [-0.1, -0.05) is 18.0 Å². The van der Waals surface area contributed by atoms with Crippen molar-refractivity contribution < 1.29 is 12.8 Å². The molecule has 0 spiro atoms. The van der Waals surface area contributed by atoms with Crippen molar-refractivity contribution in [1.82, 2.24) is 9.21 Å². The summed E-state index contributed by atoms with van der Waals surface area (Å²) in [6.07, 6.45) is 5.64. The molecule has 0 saturated carbocycles. The summed E-state index contributed by atoms with van der Waals surface area (Å²) in [5.74, 6) is -0.0396. The molecule has 0 atom stereocenters. The fourth-order valence-corrected chi connectivity index (χ4v) is 5.37. The van der Waals surface area contributed by atoms with Crippen molar-refractivity contribution in [3.8, 4) is 0 Å². The minimum absolute atomic E-state index is 0.0726. The Kier molecular flexibility index (Phi) is 5.80. The topological polar surface area (TPSA) is 40.6 Å². The van der Waals surface area contributed by atoms with Crippen LogP contribution in [0.2, 0.25) is 5.02 Å². The second kappa shape index (κ2) is 7.68. The maximum atomic E-state index is 13.3. The minimum Gasteiger partial charge on any atom is -0.303 e. The van der Waals surface area contributed by atoms with Gasteiger partial charge in [-0.25, -0.2) is 12.8 Å². The zero-order valence-electron chi connectivity index (χ0n) is 13.8. The Labute approximate surface area is 148 Å². The van der Waals surface area contributed by atoms with Crippen molar-refractivity contribution >= 4 is 21.6 Å². The molecule has 1 aromatic rings. The molecular formula is C17H24ClFN2O2S. The number of sulfonamides is 1. The fraction of sp³-hybridized carbons (Fsp3) is 0.647. The summed E-state index contributed by atoms with van der Waals surface area (Å²) in [5.41, 5.74) is 0. The highest BCUT2D eigenvalue weighted by Gasteiger charge is 2.30. The van der Waals surface area contributed by atoms with Crippen LogP contribution < -0.4 is 0 Å². The SMILES string of the molecule is O=S(=O)(c1ccc(F)c(Cl)c1)N1CCC(CN2CCCCC2)CC1. The molecule has 0 bridgehead atoms. The molecule has 2 heterocycles. The van der Waals surface area contributed by atoms with Crippen LogP contribution in [0.1, 0.15) is 32.1 Å². The summed E-state index contributed by atoms with van der Waals surface area (Å²) in [6, 6.07) is 3.60. The molecule has 134 valence electrons. The molecule has 0 unspecified atom stereocenters. The summed E-state index contributed by atoms with van der Waals surface area (Å²) >= 11 is 5.73. The van der Waals surface area contributed by atoms with E-state index in [9.17, 15) is 12.8 Å². The highest BCUT2D eigenvalue weighted by molar-refractivity contribution is 7.89. The third-order valence-corrected chi connectivity index (χ3v) is 7.25. The molecular weight excluding hydrogens is 351 g/mol. The number of halogens is 2. The average Bonchev–Trinajstić information content (AvgIpc) is 2.58. The van der Waals surface area contributed by atoms with Crippen molar-refractivity contribution in [1.29, 1.82) is 0 Å². The highest BCUT2D eigenvalue weighted by Crippen LogP contribution is 2.27. The van der Waals surface area contributed by atoms with Gasteiger partial charge in [0.1, 0.15) is 5.82 Å². The van der Waals surface area contributed by atoms with Gasteiger partial charge in [0.05, 0.1) is 9.92 Å². The van der Waals surface area contributed by atoms with Crippen LogP contribution in [0.25, 0.3) is 0 Å². The van der Waals surface area contributed by atoms with E-state index in [1.807, 2.05) is 0 Å². The van der Waals surface area contributed by atoms with E-state index in [2.05, 4.69) is 4.90 Å². The second-order valence-electron chi connectivity index (χ2n) is 6.78. The lowest BCUT2D eigenvalue weighted by Crippen LogP contribution is -2.42. The van der Waals surface area contributed by atoms with E-state index in [1.54, 1.807) is 0 Å². The molecule has 0 aliphatic carbocycles. The number of piperidine rings is 2. The first-order valence-electron chi connectivity index (χ1n) is 8.64. The van der Waals surface area contributed by atoms with Gasteiger partial charge < -0.3 is 4.90 Å². The van der Waals surface area contributed by atoms with Crippen LogP contribution in [0.5, 0.6) is 0 Å². The predicted molar refractivity (Wildman–Crippen MR) is 93.2 cm³/mol.